The number of hydrogen-bond acceptors (Lipinski definition) is 9. The molecule has 11 heteroatoms. The molecule has 1 saturated carbocycles. The Morgan fingerprint density at radius 2 is 1.85 bits per heavy atom. The lowest BCUT2D eigenvalue weighted by molar-refractivity contribution is 0.0950. The smallest absolute Gasteiger partial charge is 0.253 e. The molecule has 0 bridgehead atoms. The third kappa shape index (κ3) is 7.43. The summed E-state index contributed by atoms with van der Waals surface area (Å²) in [6, 6.07) is 11.3. The molecule has 1 aliphatic carbocycles. The van der Waals surface area contributed by atoms with Gasteiger partial charge in [-0.25, -0.2) is 5.01 Å². The number of anilines is 2. The van der Waals surface area contributed by atoms with Crippen LogP contribution in [0.2, 0.25) is 0 Å². The summed E-state index contributed by atoms with van der Waals surface area (Å²) in [7, 11) is 0. The van der Waals surface area contributed by atoms with Gasteiger partial charge in [0.25, 0.3) is 11.5 Å². The fraction of sp³-hybridized carbons (Fsp3) is 0.457. The predicted molar refractivity (Wildman–Crippen MR) is 184 cm³/mol. The molecule has 46 heavy (non-hydrogen) atoms. The molecular weight excluding hydrogens is 582 g/mol. The number of nitrogens with one attached hydrogen (secondary N) is 4. The molecule has 0 unspecified atom stereocenters. The van der Waals surface area contributed by atoms with Crippen LogP contribution in [0.25, 0.3) is 11.1 Å². The van der Waals surface area contributed by atoms with Gasteiger partial charge in [-0.3, -0.25) is 9.59 Å². The van der Waals surface area contributed by atoms with Crippen molar-refractivity contribution in [3.05, 3.63) is 79.9 Å². The molecule has 2 aliphatic rings. The highest BCUT2D eigenvalue weighted by Gasteiger charge is 2.23. The SMILES string of the molecule is CCOc1cc(N([O-])N2CCN(CC)CC2)ccc1-c1cc(NC2CCCC2)c(C=N)c(C(=O)NCc2c(C)cc(C)[nH]c2=O)c1. The number of H-pyrrole nitrogens is 1. The van der Waals surface area contributed by atoms with Crippen molar-refractivity contribution < 1.29 is 9.53 Å². The summed E-state index contributed by atoms with van der Waals surface area (Å²) in [4.78, 5) is 31.5. The first-order chi connectivity index (χ1) is 22.2. The fourth-order valence-electron chi connectivity index (χ4n) is 6.47. The number of pyridine rings is 1. The third-order valence-corrected chi connectivity index (χ3v) is 9.05. The highest BCUT2D eigenvalue weighted by Crippen LogP contribution is 2.38. The van der Waals surface area contributed by atoms with Gasteiger partial charge in [-0.05, 0) is 81.6 Å². The predicted octanol–water partition coefficient (Wildman–Crippen LogP) is 5.20. The zero-order valence-electron chi connectivity index (χ0n) is 27.4. The second-order valence-electron chi connectivity index (χ2n) is 12.2. The number of likely N-dealkylation sites (N-methyl/N-ethyl adjacent to an activating group) is 1. The quantitative estimate of drug-likeness (QED) is 0.159. The Bertz CT molecular complexity index is 1610. The topological polar surface area (TPSA) is 140 Å². The van der Waals surface area contributed by atoms with Gasteiger partial charge in [0.1, 0.15) is 5.75 Å². The van der Waals surface area contributed by atoms with Gasteiger partial charge in [-0.2, -0.15) is 0 Å². The second kappa shape index (κ2) is 14.9. The molecule has 2 heterocycles. The lowest BCUT2D eigenvalue weighted by Gasteiger charge is -2.46. The molecule has 2 aromatic carbocycles. The van der Waals surface area contributed by atoms with Gasteiger partial charge in [0.05, 0.1) is 12.2 Å². The molecule has 0 spiro atoms. The standard InChI is InChI=1S/C35H46N7O4/c1-5-40-13-15-41(16-14-40)42(45)27-11-12-28(33(20-27)46-6-2)25-18-29(30(21-36)32(19-25)39-26-9-7-8-10-26)34(43)37-22-31-23(3)17-24(4)38-35(31)44/h11-12,17-21,26,36,39H,5-10,13-16,22H2,1-4H3,(H,37,43)(H,38,44)/q-1. The normalized spacial score (nSPS) is 15.9. The molecule has 1 aromatic heterocycles. The molecule has 246 valence electrons. The van der Waals surface area contributed by atoms with E-state index in [1.807, 2.05) is 44.0 Å². The minimum Gasteiger partial charge on any atom is -0.743 e. The summed E-state index contributed by atoms with van der Waals surface area (Å²) in [5.41, 5.74) is 5.25. The second-order valence-corrected chi connectivity index (χ2v) is 12.2. The molecular formula is C35H46N7O4-. The van der Waals surface area contributed by atoms with Crippen molar-refractivity contribution in [2.75, 3.05) is 49.8 Å². The van der Waals surface area contributed by atoms with Crippen molar-refractivity contribution in [1.29, 1.82) is 5.41 Å². The lowest BCUT2D eigenvalue weighted by Crippen LogP contribution is -2.52. The largest absolute Gasteiger partial charge is 0.743 e. The number of nitrogens with zero attached hydrogens (tertiary/aromatic N) is 3. The van der Waals surface area contributed by atoms with Crippen molar-refractivity contribution in [2.45, 2.75) is 66.0 Å². The number of aryl methyl sites for hydroxylation is 2. The Morgan fingerprint density at radius 3 is 2.50 bits per heavy atom. The van der Waals surface area contributed by atoms with Crippen molar-refractivity contribution >= 4 is 23.5 Å². The maximum Gasteiger partial charge on any atom is 0.253 e. The molecule has 2 fully saturated rings. The summed E-state index contributed by atoms with van der Waals surface area (Å²) in [5.74, 6) is 0.149. The van der Waals surface area contributed by atoms with Crippen molar-refractivity contribution in [3.63, 3.8) is 0 Å². The summed E-state index contributed by atoms with van der Waals surface area (Å²) < 4.78 is 6.08. The van der Waals surface area contributed by atoms with Crippen LogP contribution in [0, 0.1) is 24.5 Å². The Kier molecular flexibility index (Phi) is 10.8. The van der Waals surface area contributed by atoms with E-state index >= 15 is 0 Å². The van der Waals surface area contributed by atoms with Gasteiger partial charge in [-0.1, -0.05) is 19.8 Å². The number of carbonyl (C=O) groups excluding carboxylic acids is 1. The minimum absolute atomic E-state index is 0.0536. The average molecular weight is 629 g/mol. The van der Waals surface area contributed by atoms with Gasteiger partial charge in [0.15, 0.2) is 0 Å². The molecule has 1 amide bonds. The number of carbonyl (C=O) groups is 1. The Balaban J connectivity index is 1.51. The number of benzene rings is 2. The van der Waals surface area contributed by atoms with Gasteiger partial charge < -0.3 is 41.0 Å². The number of piperazine rings is 1. The van der Waals surface area contributed by atoms with E-state index in [-0.39, 0.29) is 24.1 Å². The molecule has 0 atom stereocenters. The summed E-state index contributed by atoms with van der Waals surface area (Å²) in [5, 5.41) is 31.0. The van der Waals surface area contributed by atoms with Crippen LogP contribution in [0.15, 0.2) is 41.2 Å². The highest BCUT2D eigenvalue weighted by molar-refractivity contribution is 6.06. The maximum atomic E-state index is 13.8. The van der Waals surface area contributed by atoms with E-state index in [0.29, 0.717) is 53.5 Å². The van der Waals surface area contributed by atoms with Crippen LogP contribution in [0.4, 0.5) is 11.4 Å². The number of amides is 1. The first-order valence-corrected chi connectivity index (χ1v) is 16.4. The van der Waals surface area contributed by atoms with Gasteiger partial charge in [-0.15, -0.1) is 0 Å². The summed E-state index contributed by atoms with van der Waals surface area (Å²) in [6.45, 7) is 12.1. The Morgan fingerprint density at radius 1 is 1.11 bits per heavy atom. The van der Waals surface area contributed by atoms with E-state index in [0.717, 1.165) is 72.9 Å². The molecule has 0 radical (unpaired) electrons. The van der Waals surface area contributed by atoms with E-state index in [1.165, 1.54) is 6.21 Å². The molecule has 1 saturated heterocycles. The summed E-state index contributed by atoms with van der Waals surface area (Å²) >= 11 is 0. The number of aromatic nitrogens is 1. The van der Waals surface area contributed by atoms with Gasteiger partial charge in [0.2, 0.25) is 0 Å². The fourth-order valence-corrected chi connectivity index (χ4v) is 6.47. The van der Waals surface area contributed by atoms with Crippen LogP contribution in [-0.2, 0) is 6.54 Å². The molecule has 3 aromatic rings. The van der Waals surface area contributed by atoms with E-state index in [1.54, 1.807) is 18.2 Å². The van der Waals surface area contributed by atoms with Crippen molar-refractivity contribution in [2.24, 2.45) is 0 Å². The molecule has 11 nitrogen and oxygen atoms in total. The van der Waals surface area contributed by atoms with Gasteiger partial charge >= 0.3 is 0 Å². The lowest BCUT2D eigenvalue weighted by atomic mass is 9.95. The monoisotopic (exact) mass is 628 g/mol. The Hall–Kier alpha value is -4.19. The van der Waals surface area contributed by atoms with Crippen molar-refractivity contribution in [3.8, 4) is 16.9 Å². The molecule has 5 rings (SSSR count). The third-order valence-electron chi connectivity index (χ3n) is 9.05. The van der Waals surface area contributed by atoms with Crippen LogP contribution in [-0.4, -0.2) is 72.4 Å². The number of rotatable bonds is 12. The highest BCUT2D eigenvalue weighted by atomic mass is 16.5. The van der Waals surface area contributed by atoms with E-state index in [9.17, 15) is 14.8 Å². The molecule has 4 N–H and O–H groups in total. The zero-order valence-corrected chi connectivity index (χ0v) is 27.4. The van der Waals surface area contributed by atoms with Crippen LogP contribution in [0.5, 0.6) is 5.75 Å². The van der Waals surface area contributed by atoms with Crippen LogP contribution in [0.3, 0.4) is 0 Å². The Labute approximate surface area is 271 Å². The van der Waals surface area contributed by atoms with Crippen LogP contribution in [0.1, 0.15) is 72.3 Å². The number of hydrogen-bond donors (Lipinski definition) is 4. The first-order valence-electron chi connectivity index (χ1n) is 16.4. The maximum absolute atomic E-state index is 13.8. The number of ether oxygens (including phenoxy) is 1. The molecule has 1 aliphatic heterocycles. The zero-order chi connectivity index (χ0) is 32.8. The minimum atomic E-state index is -0.388. The van der Waals surface area contributed by atoms with Crippen molar-refractivity contribution in [1.82, 2.24) is 20.2 Å². The first kappa shape index (κ1) is 33.2. The van der Waals surface area contributed by atoms with Gasteiger partial charge in [0, 0.05) is 84.8 Å². The van der Waals surface area contributed by atoms with Crippen LogP contribution < -0.4 is 26.1 Å². The summed E-state index contributed by atoms with van der Waals surface area (Å²) in [6.07, 6.45) is 5.50. The van der Waals surface area contributed by atoms with E-state index in [4.69, 9.17) is 10.1 Å². The van der Waals surface area contributed by atoms with E-state index in [2.05, 4.69) is 27.4 Å². The average Bonchev–Trinajstić information content (AvgIpc) is 3.56. The van der Waals surface area contributed by atoms with Crippen LogP contribution >= 0.6 is 0 Å². The number of hydrazine groups is 1. The number of aromatic amines is 1. The van der Waals surface area contributed by atoms with E-state index < -0.39 is 0 Å².